The third-order valence-corrected chi connectivity index (χ3v) is 1.44. The Hall–Kier alpha value is -0.670. The Morgan fingerprint density at radius 3 is 2.56 bits per heavy atom. The molecule has 0 aromatic carbocycles. The highest BCUT2D eigenvalue weighted by atomic mass is 16.3. The third kappa shape index (κ3) is 1.01. The van der Waals surface area contributed by atoms with E-state index in [4.69, 9.17) is 10.2 Å². The van der Waals surface area contributed by atoms with E-state index in [1.165, 1.54) is 0 Å². The first-order chi connectivity index (χ1) is 4.25. The molecule has 0 saturated carbocycles. The van der Waals surface area contributed by atoms with Gasteiger partial charge in [-0.15, -0.1) is 0 Å². The summed E-state index contributed by atoms with van der Waals surface area (Å²) in [6, 6.07) is 0. The molecule has 3 nitrogen and oxygen atoms in total. The Labute approximate surface area is 52.6 Å². The minimum absolute atomic E-state index is 0.294. The zero-order chi connectivity index (χ0) is 6.85. The molecular formula is C6H8O3. The number of aldehydes is 1. The fraction of sp³-hybridized carbons (Fsp3) is 0.500. The molecule has 0 spiro atoms. The summed E-state index contributed by atoms with van der Waals surface area (Å²) in [4.78, 5) is 10.0. The molecule has 1 aliphatic carbocycles. The van der Waals surface area contributed by atoms with E-state index in [0.29, 0.717) is 18.3 Å². The zero-order valence-corrected chi connectivity index (χ0v) is 4.82. The summed E-state index contributed by atoms with van der Waals surface area (Å²) in [5.41, 5.74) is 0.294. The quantitative estimate of drug-likeness (QED) is 0.456. The summed E-state index contributed by atoms with van der Waals surface area (Å²) < 4.78 is 0. The second-order valence-corrected chi connectivity index (χ2v) is 2.07. The van der Waals surface area contributed by atoms with Crippen LogP contribution >= 0.6 is 0 Å². The molecule has 0 bridgehead atoms. The van der Waals surface area contributed by atoms with Gasteiger partial charge in [0.2, 0.25) is 0 Å². The first-order valence-corrected chi connectivity index (χ1v) is 2.77. The predicted molar refractivity (Wildman–Crippen MR) is 30.8 cm³/mol. The van der Waals surface area contributed by atoms with Crippen LogP contribution in [-0.4, -0.2) is 28.7 Å². The summed E-state index contributed by atoms with van der Waals surface area (Å²) in [5.74, 6) is 0. The van der Waals surface area contributed by atoms with Crippen LogP contribution in [0.4, 0.5) is 0 Å². The van der Waals surface area contributed by atoms with Gasteiger partial charge in [-0.25, -0.2) is 0 Å². The van der Waals surface area contributed by atoms with Crippen LogP contribution < -0.4 is 0 Å². The topological polar surface area (TPSA) is 57.5 Å². The SMILES string of the molecule is O=CC1=CCC(O)C1O. The summed E-state index contributed by atoms with van der Waals surface area (Å²) in [5, 5.41) is 17.7. The van der Waals surface area contributed by atoms with E-state index in [0.717, 1.165) is 0 Å². The molecule has 2 atom stereocenters. The predicted octanol–water partition coefficient (Wildman–Crippen LogP) is -0.763. The summed E-state index contributed by atoms with van der Waals surface area (Å²) in [6.07, 6.45) is 0.769. The molecule has 1 rings (SSSR count). The Bertz CT molecular complexity index is 150. The van der Waals surface area contributed by atoms with Gasteiger partial charge in [0.25, 0.3) is 0 Å². The minimum atomic E-state index is -0.956. The summed E-state index contributed by atoms with van der Waals surface area (Å²) in [6.45, 7) is 0. The van der Waals surface area contributed by atoms with Crippen molar-refractivity contribution in [3.05, 3.63) is 11.6 Å². The maximum atomic E-state index is 10.0. The molecule has 0 aliphatic heterocycles. The number of hydrogen-bond donors (Lipinski definition) is 2. The molecular weight excluding hydrogens is 120 g/mol. The molecule has 0 amide bonds. The first kappa shape index (κ1) is 6.45. The van der Waals surface area contributed by atoms with E-state index < -0.39 is 12.2 Å². The second kappa shape index (κ2) is 2.29. The van der Waals surface area contributed by atoms with Crippen molar-refractivity contribution in [2.75, 3.05) is 0 Å². The number of hydrogen-bond acceptors (Lipinski definition) is 3. The van der Waals surface area contributed by atoms with Crippen LogP contribution in [0.1, 0.15) is 6.42 Å². The van der Waals surface area contributed by atoms with Crippen LogP contribution in [-0.2, 0) is 4.79 Å². The molecule has 0 aromatic rings. The summed E-state index contributed by atoms with van der Waals surface area (Å²) in [7, 11) is 0. The smallest absolute Gasteiger partial charge is 0.148 e. The van der Waals surface area contributed by atoms with Crippen molar-refractivity contribution in [1.82, 2.24) is 0 Å². The zero-order valence-electron chi connectivity index (χ0n) is 4.82. The Kier molecular flexibility index (Phi) is 1.64. The van der Waals surface area contributed by atoms with Gasteiger partial charge >= 0.3 is 0 Å². The summed E-state index contributed by atoms with van der Waals surface area (Å²) >= 11 is 0. The number of carbonyl (C=O) groups excluding carboxylic acids is 1. The van der Waals surface area contributed by atoms with Crippen molar-refractivity contribution in [2.24, 2.45) is 0 Å². The van der Waals surface area contributed by atoms with Gasteiger partial charge in [-0.3, -0.25) is 4.79 Å². The highest BCUT2D eigenvalue weighted by molar-refractivity contribution is 5.75. The third-order valence-electron chi connectivity index (χ3n) is 1.44. The van der Waals surface area contributed by atoms with Gasteiger partial charge in [0, 0.05) is 5.57 Å². The number of rotatable bonds is 1. The second-order valence-electron chi connectivity index (χ2n) is 2.07. The fourth-order valence-corrected chi connectivity index (χ4v) is 0.846. The Balaban J connectivity index is 2.66. The van der Waals surface area contributed by atoms with Crippen molar-refractivity contribution >= 4 is 6.29 Å². The van der Waals surface area contributed by atoms with Gasteiger partial charge in [0.1, 0.15) is 12.4 Å². The van der Waals surface area contributed by atoms with Crippen LogP contribution in [0.15, 0.2) is 11.6 Å². The minimum Gasteiger partial charge on any atom is -0.390 e. The largest absolute Gasteiger partial charge is 0.390 e. The lowest BCUT2D eigenvalue weighted by Crippen LogP contribution is -2.22. The van der Waals surface area contributed by atoms with Crippen LogP contribution in [0.25, 0.3) is 0 Å². The van der Waals surface area contributed by atoms with Crippen LogP contribution in [0.2, 0.25) is 0 Å². The van der Waals surface area contributed by atoms with E-state index in [-0.39, 0.29) is 0 Å². The molecule has 9 heavy (non-hydrogen) atoms. The van der Waals surface area contributed by atoms with Crippen molar-refractivity contribution in [1.29, 1.82) is 0 Å². The molecule has 3 heteroatoms. The molecule has 2 N–H and O–H groups in total. The molecule has 2 unspecified atom stereocenters. The fourth-order valence-electron chi connectivity index (χ4n) is 0.846. The maximum absolute atomic E-state index is 10.0. The number of carbonyl (C=O) groups is 1. The number of aliphatic hydroxyl groups excluding tert-OH is 2. The molecule has 0 saturated heterocycles. The van der Waals surface area contributed by atoms with Crippen LogP contribution in [0.3, 0.4) is 0 Å². The van der Waals surface area contributed by atoms with Gasteiger partial charge in [0.15, 0.2) is 0 Å². The molecule has 1 aliphatic rings. The lowest BCUT2D eigenvalue weighted by molar-refractivity contribution is -0.106. The van der Waals surface area contributed by atoms with Gasteiger partial charge < -0.3 is 10.2 Å². The van der Waals surface area contributed by atoms with Crippen molar-refractivity contribution in [3.63, 3.8) is 0 Å². The average Bonchev–Trinajstić information content (AvgIpc) is 2.15. The van der Waals surface area contributed by atoms with E-state index in [1.54, 1.807) is 6.08 Å². The highest BCUT2D eigenvalue weighted by Gasteiger charge is 2.24. The average molecular weight is 128 g/mol. The van der Waals surface area contributed by atoms with E-state index in [2.05, 4.69) is 0 Å². The van der Waals surface area contributed by atoms with Crippen molar-refractivity contribution < 1.29 is 15.0 Å². The molecule has 50 valence electrons. The standard InChI is InChI=1S/C6H8O3/c7-3-4-1-2-5(8)6(4)9/h1,3,5-6,8-9H,2H2. The number of aliphatic hydroxyl groups is 2. The van der Waals surface area contributed by atoms with Crippen LogP contribution in [0.5, 0.6) is 0 Å². The van der Waals surface area contributed by atoms with Gasteiger partial charge in [-0.1, -0.05) is 6.08 Å². The Morgan fingerprint density at radius 1 is 1.67 bits per heavy atom. The van der Waals surface area contributed by atoms with Crippen LogP contribution in [0, 0.1) is 0 Å². The van der Waals surface area contributed by atoms with E-state index in [1.807, 2.05) is 0 Å². The monoisotopic (exact) mass is 128 g/mol. The first-order valence-electron chi connectivity index (χ1n) is 2.77. The lowest BCUT2D eigenvalue weighted by Gasteiger charge is -2.06. The van der Waals surface area contributed by atoms with Gasteiger partial charge in [-0.05, 0) is 6.42 Å². The van der Waals surface area contributed by atoms with E-state index >= 15 is 0 Å². The normalized spacial score (nSPS) is 34.2. The van der Waals surface area contributed by atoms with E-state index in [9.17, 15) is 4.79 Å². The molecule has 0 radical (unpaired) electrons. The van der Waals surface area contributed by atoms with Crippen molar-refractivity contribution in [2.45, 2.75) is 18.6 Å². The lowest BCUT2D eigenvalue weighted by atomic mass is 10.2. The van der Waals surface area contributed by atoms with Gasteiger partial charge in [0.05, 0.1) is 6.10 Å². The van der Waals surface area contributed by atoms with Crippen molar-refractivity contribution in [3.8, 4) is 0 Å². The van der Waals surface area contributed by atoms with Gasteiger partial charge in [-0.2, -0.15) is 0 Å². The Morgan fingerprint density at radius 2 is 2.33 bits per heavy atom. The molecule has 0 aromatic heterocycles. The highest BCUT2D eigenvalue weighted by Crippen LogP contribution is 2.16. The maximum Gasteiger partial charge on any atom is 0.148 e. The molecule has 0 fully saturated rings. The molecule has 0 heterocycles.